The molecule has 0 spiro atoms. The maximum Gasteiger partial charge on any atom is 0.128 e. The number of nitrogens with two attached hydrogens (primary N) is 1. The Kier molecular flexibility index (Phi) is 4.29. The van der Waals surface area contributed by atoms with Crippen LogP contribution < -0.4 is 11.3 Å². The lowest BCUT2D eigenvalue weighted by Crippen LogP contribution is -2.30. The van der Waals surface area contributed by atoms with Crippen LogP contribution in [-0.4, -0.2) is 4.98 Å². The first-order valence-electron chi connectivity index (χ1n) is 5.15. The summed E-state index contributed by atoms with van der Waals surface area (Å²) in [4.78, 5) is 4.14. The molecule has 0 radical (unpaired) electrons. The first-order chi connectivity index (χ1) is 8.63. The van der Waals surface area contributed by atoms with Gasteiger partial charge in [-0.3, -0.25) is 10.8 Å². The molecular formula is C12H10BrClFN3. The summed E-state index contributed by atoms with van der Waals surface area (Å²) in [7, 11) is 0. The number of aromatic nitrogens is 1. The second-order valence-corrected chi connectivity index (χ2v) is 4.96. The fourth-order valence-electron chi connectivity index (χ4n) is 1.66. The van der Waals surface area contributed by atoms with E-state index in [-0.39, 0.29) is 5.82 Å². The summed E-state index contributed by atoms with van der Waals surface area (Å²) in [6.45, 7) is 0. The number of hydrazine groups is 1. The molecule has 2 rings (SSSR count). The van der Waals surface area contributed by atoms with Crippen LogP contribution in [0.3, 0.4) is 0 Å². The average Bonchev–Trinajstić information content (AvgIpc) is 2.36. The van der Waals surface area contributed by atoms with E-state index < -0.39 is 6.04 Å². The van der Waals surface area contributed by atoms with E-state index in [1.54, 1.807) is 30.5 Å². The van der Waals surface area contributed by atoms with Crippen LogP contribution in [0.15, 0.2) is 41.0 Å². The zero-order valence-electron chi connectivity index (χ0n) is 9.20. The van der Waals surface area contributed by atoms with Crippen molar-refractivity contribution in [3.05, 3.63) is 63.1 Å². The van der Waals surface area contributed by atoms with Gasteiger partial charge in [-0.1, -0.05) is 27.5 Å². The highest BCUT2D eigenvalue weighted by molar-refractivity contribution is 9.10. The molecule has 3 nitrogen and oxygen atoms in total. The Bertz CT molecular complexity index is 565. The van der Waals surface area contributed by atoms with Gasteiger partial charge in [-0.15, -0.1) is 0 Å². The van der Waals surface area contributed by atoms with Crippen molar-refractivity contribution in [1.82, 2.24) is 10.4 Å². The summed E-state index contributed by atoms with van der Waals surface area (Å²) in [6.07, 6.45) is 1.58. The largest absolute Gasteiger partial charge is 0.271 e. The lowest BCUT2D eigenvalue weighted by molar-refractivity contribution is 0.553. The Morgan fingerprint density at radius 1 is 1.39 bits per heavy atom. The zero-order chi connectivity index (χ0) is 13.1. The van der Waals surface area contributed by atoms with Crippen LogP contribution in [-0.2, 0) is 0 Å². The molecule has 0 fully saturated rings. The van der Waals surface area contributed by atoms with Gasteiger partial charge in [0, 0.05) is 16.2 Å². The summed E-state index contributed by atoms with van der Waals surface area (Å²) >= 11 is 9.34. The van der Waals surface area contributed by atoms with Crippen LogP contribution in [0.5, 0.6) is 0 Å². The third-order valence-corrected chi connectivity index (χ3v) is 3.31. The SMILES string of the molecule is NNC(c1cc(Br)ccc1F)c1ncccc1Cl. The Balaban J connectivity index is 2.52. The number of hydrogen-bond acceptors (Lipinski definition) is 3. The van der Waals surface area contributed by atoms with E-state index in [0.717, 1.165) is 4.47 Å². The molecule has 1 heterocycles. The van der Waals surface area contributed by atoms with Crippen molar-refractivity contribution in [1.29, 1.82) is 0 Å². The fraction of sp³-hybridized carbons (Fsp3) is 0.0833. The van der Waals surface area contributed by atoms with Gasteiger partial charge in [0.25, 0.3) is 0 Å². The highest BCUT2D eigenvalue weighted by Crippen LogP contribution is 2.29. The van der Waals surface area contributed by atoms with Gasteiger partial charge in [0.05, 0.1) is 16.8 Å². The number of pyridine rings is 1. The summed E-state index contributed by atoms with van der Waals surface area (Å²) in [5, 5.41) is 0.430. The minimum absolute atomic E-state index is 0.372. The van der Waals surface area contributed by atoms with Gasteiger partial charge in [-0.2, -0.15) is 0 Å². The van der Waals surface area contributed by atoms with E-state index in [4.69, 9.17) is 17.4 Å². The van der Waals surface area contributed by atoms with Crippen molar-refractivity contribution < 1.29 is 4.39 Å². The number of halogens is 3. The number of nitrogens with one attached hydrogen (secondary N) is 1. The molecule has 1 aromatic carbocycles. The van der Waals surface area contributed by atoms with E-state index in [9.17, 15) is 4.39 Å². The van der Waals surface area contributed by atoms with Gasteiger partial charge < -0.3 is 0 Å². The molecule has 1 atom stereocenters. The lowest BCUT2D eigenvalue weighted by Gasteiger charge is -2.17. The quantitative estimate of drug-likeness (QED) is 0.671. The van der Waals surface area contributed by atoms with Crippen LogP contribution in [0.1, 0.15) is 17.3 Å². The molecule has 0 amide bonds. The van der Waals surface area contributed by atoms with Gasteiger partial charge in [0.15, 0.2) is 0 Å². The molecule has 0 aliphatic carbocycles. The number of nitrogens with zero attached hydrogens (tertiary/aromatic N) is 1. The van der Waals surface area contributed by atoms with Crippen LogP contribution in [0.25, 0.3) is 0 Å². The molecule has 1 aromatic heterocycles. The number of benzene rings is 1. The first kappa shape index (κ1) is 13.4. The molecule has 0 saturated carbocycles. The van der Waals surface area contributed by atoms with Crippen LogP contribution in [0.4, 0.5) is 4.39 Å². The molecule has 1 unspecified atom stereocenters. The maximum atomic E-state index is 13.8. The Morgan fingerprint density at radius 2 is 2.17 bits per heavy atom. The van der Waals surface area contributed by atoms with E-state index >= 15 is 0 Å². The molecule has 3 N–H and O–H groups in total. The predicted octanol–water partition coefficient (Wildman–Crippen LogP) is 3.19. The maximum absolute atomic E-state index is 13.8. The highest BCUT2D eigenvalue weighted by Gasteiger charge is 2.20. The smallest absolute Gasteiger partial charge is 0.128 e. The molecule has 18 heavy (non-hydrogen) atoms. The Labute approximate surface area is 117 Å². The van der Waals surface area contributed by atoms with Crippen LogP contribution in [0.2, 0.25) is 5.02 Å². The summed E-state index contributed by atoms with van der Waals surface area (Å²) in [5.74, 6) is 5.12. The van der Waals surface area contributed by atoms with Gasteiger partial charge in [-0.05, 0) is 30.3 Å². The molecule has 2 aromatic rings. The Hall–Kier alpha value is -1.01. The van der Waals surface area contributed by atoms with Gasteiger partial charge in [-0.25, -0.2) is 9.82 Å². The van der Waals surface area contributed by atoms with E-state index in [1.165, 1.54) is 6.07 Å². The van der Waals surface area contributed by atoms with Crippen molar-refractivity contribution in [2.75, 3.05) is 0 Å². The van der Waals surface area contributed by atoms with Crippen molar-refractivity contribution in [2.45, 2.75) is 6.04 Å². The zero-order valence-corrected chi connectivity index (χ0v) is 11.5. The Morgan fingerprint density at radius 3 is 2.83 bits per heavy atom. The fourth-order valence-corrected chi connectivity index (χ4v) is 2.27. The molecule has 6 heteroatoms. The summed E-state index contributed by atoms with van der Waals surface area (Å²) in [6, 6.07) is 7.41. The van der Waals surface area contributed by atoms with E-state index in [1.807, 2.05) is 0 Å². The molecule has 94 valence electrons. The third kappa shape index (κ3) is 2.70. The van der Waals surface area contributed by atoms with Crippen LogP contribution >= 0.6 is 27.5 Å². The highest BCUT2D eigenvalue weighted by atomic mass is 79.9. The van der Waals surface area contributed by atoms with Crippen molar-refractivity contribution >= 4 is 27.5 Å². The minimum Gasteiger partial charge on any atom is -0.271 e. The third-order valence-electron chi connectivity index (χ3n) is 2.50. The van der Waals surface area contributed by atoms with Crippen molar-refractivity contribution in [2.24, 2.45) is 5.84 Å². The summed E-state index contributed by atoms with van der Waals surface area (Å²) < 4.78 is 14.6. The molecular weight excluding hydrogens is 321 g/mol. The number of hydrogen-bond donors (Lipinski definition) is 2. The predicted molar refractivity (Wildman–Crippen MR) is 72.5 cm³/mol. The topological polar surface area (TPSA) is 50.9 Å². The van der Waals surface area contributed by atoms with Gasteiger partial charge >= 0.3 is 0 Å². The standard InChI is InChI=1S/C12H10BrClFN3/c13-7-3-4-10(15)8(6-7)11(18-16)12-9(14)2-1-5-17-12/h1-6,11,18H,16H2. The summed E-state index contributed by atoms with van der Waals surface area (Å²) in [5.41, 5.74) is 3.40. The lowest BCUT2D eigenvalue weighted by atomic mass is 10.0. The first-order valence-corrected chi connectivity index (χ1v) is 6.32. The second kappa shape index (κ2) is 5.75. The van der Waals surface area contributed by atoms with E-state index in [0.29, 0.717) is 16.3 Å². The normalized spacial score (nSPS) is 12.4. The monoisotopic (exact) mass is 329 g/mol. The van der Waals surface area contributed by atoms with E-state index in [2.05, 4.69) is 26.3 Å². The van der Waals surface area contributed by atoms with Gasteiger partial charge in [0.2, 0.25) is 0 Å². The molecule has 0 bridgehead atoms. The molecule has 0 aliphatic heterocycles. The molecule has 0 aliphatic rings. The number of rotatable bonds is 3. The van der Waals surface area contributed by atoms with Crippen molar-refractivity contribution in [3.8, 4) is 0 Å². The van der Waals surface area contributed by atoms with Gasteiger partial charge in [0.1, 0.15) is 5.82 Å². The second-order valence-electron chi connectivity index (χ2n) is 3.64. The van der Waals surface area contributed by atoms with Crippen molar-refractivity contribution in [3.63, 3.8) is 0 Å². The minimum atomic E-state index is -0.601. The van der Waals surface area contributed by atoms with Crippen LogP contribution in [0, 0.1) is 5.82 Å². The molecule has 0 saturated heterocycles. The average molecular weight is 331 g/mol.